The SMILES string of the molecule is CCCN(CCC)c1cc(N2CCN(C(C)=O)CC2)nc(-c2ccccc2)n1. The smallest absolute Gasteiger partial charge is 0.219 e. The zero-order chi connectivity index (χ0) is 19.9. The summed E-state index contributed by atoms with van der Waals surface area (Å²) in [7, 11) is 0. The lowest BCUT2D eigenvalue weighted by atomic mass is 10.2. The molecule has 0 aliphatic carbocycles. The third kappa shape index (κ3) is 4.80. The lowest BCUT2D eigenvalue weighted by molar-refractivity contribution is -0.129. The summed E-state index contributed by atoms with van der Waals surface area (Å²) in [6, 6.07) is 12.3. The molecular weight excluding hydrogens is 350 g/mol. The standard InChI is InChI=1S/C22H31N5O/c1-4-11-26(12-5-2)20-17-21(27-15-13-25(14-16-27)18(3)28)24-22(23-20)19-9-7-6-8-10-19/h6-10,17H,4-5,11-16H2,1-3H3. The Kier molecular flexibility index (Phi) is 6.85. The fourth-order valence-electron chi connectivity index (χ4n) is 3.59. The minimum absolute atomic E-state index is 0.144. The highest BCUT2D eigenvalue weighted by Gasteiger charge is 2.22. The maximum Gasteiger partial charge on any atom is 0.219 e. The van der Waals surface area contributed by atoms with Crippen molar-refractivity contribution in [3.8, 4) is 11.4 Å². The molecule has 6 heteroatoms. The minimum Gasteiger partial charge on any atom is -0.356 e. The van der Waals surface area contributed by atoms with Gasteiger partial charge in [0.15, 0.2) is 5.82 Å². The topological polar surface area (TPSA) is 52.6 Å². The number of carbonyl (C=O) groups is 1. The summed E-state index contributed by atoms with van der Waals surface area (Å²) in [6.45, 7) is 11.1. The van der Waals surface area contributed by atoms with Crippen LogP contribution in [0.2, 0.25) is 0 Å². The fraction of sp³-hybridized carbons (Fsp3) is 0.500. The number of anilines is 2. The molecule has 1 saturated heterocycles. The van der Waals surface area contributed by atoms with Crippen molar-refractivity contribution in [3.05, 3.63) is 36.4 Å². The Morgan fingerprint density at radius 2 is 1.64 bits per heavy atom. The van der Waals surface area contributed by atoms with E-state index in [-0.39, 0.29) is 5.91 Å². The normalized spacial score (nSPS) is 14.2. The van der Waals surface area contributed by atoms with Crippen LogP contribution in [0.5, 0.6) is 0 Å². The van der Waals surface area contributed by atoms with E-state index < -0.39 is 0 Å². The van der Waals surface area contributed by atoms with E-state index in [9.17, 15) is 4.79 Å². The Hall–Kier alpha value is -2.63. The zero-order valence-electron chi connectivity index (χ0n) is 17.3. The molecule has 0 N–H and O–H groups in total. The molecule has 0 radical (unpaired) electrons. The van der Waals surface area contributed by atoms with E-state index in [0.717, 1.165) is 75.1 Å². The van der Waals surface area contributed by atoms with Gasteiger partial charge in [0, 0.05) is 57.8 Å². The van der Waals surface area contributed by atoms with Gasteiger partial charge in [0.2, 0.25) is 5.91 Å². The van der Waals surface area contributed by atoms with Crippen LogP contribution >= 0.6 is 0 Å². The lowest BCUT2D eigenvalue weighted by Gasteiger charge is -2.35. The van der Waals surface area contributed by atoms with E-state index in [1.165, 1.54) is 0 Å². The van der Waals surface area contributed by atoms with Gasteiger partial charge in [0.05, 0.1) is 0 Å². The highest BCUT2D eigenvalue weighted by Crippen LogP contribution is 2.25. The van der Waals surface area contributed by atoms with Gasteiger partial charge in [-0.1, -0.05) is 44.2 Å². The number of amides is 1. The van der Waals surface area contributed by atoms with Crippen molar-refractivity contribution in [2.45, 2.75) is 33.6 Å². The van der Waals surface area contributed by atoms with E-state index in [1.807, 2.05) is 23.1 Å². The number of piperazine rings is 1. The fourth-order valence-corrected chi connectivity index (χ4v) is 3.59. The number of hydrogen-bond donors (Lipinski definition) is 0. The van der Waals surface area contributed by atoms with E-state index in [2.05, 4.69) is 41.8 Å². The van der Waals surface area contributed by atoms with Gasteiger partial charge in [0.1, 0.15) is 11.6 Å². The molecule has 3 rings (SSSR count). The molecule has 1 fully saturated rings. The summed E-state index contributed by atoms with van der Waals surface area (Å²) in [5, 5.41) is 0. The molecular formula is C22H31N5O. The van der Waals surface area contributed by atoms with Crippen LogP contribution in [0.3, 0.4) is 0 Å². The predicted octanol–water partition coefficient (Wildman–Crippen LogP) is 3.44. The maximum absolute atomic E-state index is 11.6. The van der Waals surface area contributed by atoms with Crippen LogP contribution in [0.1, 0.15) is 33.6 Å². The average molecular weight is 382 g/mol. The first-order valence-corrected chi connectivity index (χ1v) is 10.3. The van der Waals surface area contributed by atoms with Gasteiger partial charge in [0.25, 0.3) is 0 Å². The molecule has 1 aliphatic heterocycles. The lowest BCUT2D eigenvalue weighted by Crippen LogP contribution is -2.48. The molecule has 1 amide bonds. The van der Waals surface area contributed by atoms with Crippen molar-refractivity contribution in [2.75, 3.05) is 49.1 Å². The second-order valence-corrected chi connectivity index (χ2v) is 7.25. The second-order valence-electron chi connectivity index (χ2n) is 7.25. The van der Waals surface area contributed by atoms with Crippen molar-refractivity contribution in [3.63, 3.8) is 0 Å². The van der Waals surface area contributed by atoms with Gasteiger partial charge in [-0.2, -0.15) is 0 Å². The van der Waals surface area contributed by atoms with Crippen LogP contribution in [0.4, 0.5) is 11.6 Å². The maximum atomic E-state index is 11.6. The molecule has 0 saturated carbocycles. The molecule has 0 spiro atoms. The van der Waals surface area contributed by atoms with Gasteiger partial charge in [-0.05, 0) is 12.8 Å². The monoisotopic (exact) mass is 381 g/mol. The van der Waals surface area contributed by atoms with Crippen molar-refractivity contribution in [1.82, 2.24) is 14.9 Å². The Bertz CT molecular complexity index is 766. The highest BCUT2D eigenvalue weighted by molar-refractivity contribution is 5.73. The molecule has 2 heterocycles. The van der Waals surface area contributed by atoms with Crippen LogP contribution in [0.15, 0.2) is 36.4 Å². The summed E-state index contributed by atoms with van der Waals surface area (Å²) in [5.41, 5.74) is 1.03. The van der Waals surface area contributed by atoms with Crippen LogP contribution in [0.25, 0.3) is 11.4 Å². The number of hydrogen-bond acceptors (Lipinski definition) is 5. The molecule has 0 bridgehead atoms. The van der Waals surface area contributed by atoms with Crippen molar-refractivity contribution in [1.29, 1.82) is 0 Å². The van der Waals surface area contributed by atoms with Crippen molar-refractivity contribution < 1.29 is 4.79 Å². The number of carbonyl (C=O) groups excluding carboxylic acids is 1. The molecule has 150 valence electrons. The number of benzene rings is 1. The van der Waals surface area contributed by atoms with E-state index in [4.69, 9.17) is 9.97 Å². The van der Waals surface area contributed by atoms with Gasteiger partial charge >= 0.3 is 0 Å². The molecule has 28 heavy (non-hydrogen) atoms. The molecule has 2 aromatic rings. The van der Waals surface area contributed by atoms with Gasteiger partial charge in [-0.25, -0.2) is 9.97 Å². The minimum atomic E-state index is 0.144. The Balaban J connectivity index is 1.94. The summed E-state index contributed by atoms with van der Waals surface area (Å²) in [4.78, 5) is 28.0. The van der Waals surface area contributed by atoms with Crippen LogP contribution < -0.4 is 9.80 Å². The molecule has 0 unspecified atom stereocenters. The molecule has 6 nitrogen and oxygen atoms in total. The molecule has 1 aliphatic rings. The van der Waals surface area contributed by atoms with E-state index in [1.54, 1.807) is 6.92 Å². The molecule has 1 aromatic carbocycles. The quantitative estimate of drug-likeness (QED) is 0.735. The second kappa shape index (κ2) is 9.53. The van der Waals surface area contributed by atoms with Gasteiger partial charge < -0.3 is 14.7 Å². The summed E-state index contributed by atoms with van der Waals surface area (Å²) in [6.07, 6.45) is 2.16. The summed E-state index contributed by atoms with van der Waals surface area (Å²) >= 11 is 0. The summed E-state index contributed by atoms with van der Waals surface area (Å²) < 4.78 is 0. The van der Waals surface area contributed by atoms with Crippen LogP contribution in [-0.4, -0.2) is 60.0 Å². The number of nitrogens with zero attached hydrogens (tertiary/aromatic N) is 5. The van der Waals surface area contributed by atoms with E-state index in [0.29, 0.717) is 0 Å². The third-order valence-electron chi connectivity index (χ3n) is 5.09. The van der Waals surface area contributed by atoms with Crippen molar-refractivity contribution in [2.24, 2.45) is 0 Å². The Morgan fingerprint density at radius 1 is 1.00 bits per heavy atom. The predicted molar refractivity (Wildman–Crippen MR) is 115 cm³/mol. The summed E-state index contributed by atoms with van der Waals surface area (Å²) in [5.74, 6) is 2.84. The molecule has 0 atom stereocenters. The third-order valence-corrected chi connectivity index (χ3v) is 5.09. The first kappa shape index (κ1) is 20.1. The van der Waals surface area contributed by atoms with E-state index >= 15 is 0 Å². The average Bonchev–Trinajstić information content (AvgIpc) is 2.74. The largest absolute Gasteiger partial charge is 0.356 e. The first-order chi connectivity index (χ1) is 13.6. The van der Waals surface area contributed by atoms with Crippen LogP contribution in [0, 0.1) is 0 Å². The van der Waals surface area contributed by atoms with Crippen molar-refractivity contribution >= 4 is 17.5 Å². The van der Waals surface area contributed by atoms with Crippen LogP contribution in [-0.2, 0) is 4.79 Å². The number of rotatable bonds is 7. The zero-order valence-corrected chi connectivity index (χ0v) is 17.3. The van der Waals surface area contributed by atoms with Gasteiger partial charge in [-0.15, -0.1) is 0 Å². The Labute approximate surface area is 168 Å². The first-order valence-electron chi connectivity index (χ1n) is 10.3. The number of aromatic nitrogens is 2. The molecule has 1 aromatic heterocycles. The Morgan fingerprint density at radius 3 is 2.21 bits per heavy atom. The highest BCUT2D eigenvalue weighted by atomic mass is 16.2. The van der Waals surface area contributed by atoms with Gasteiger partial charge in [-0.3, -0.25) is 4.79 Å².